The molecule has 0 aromatic carbocycles. The highest BCUT2D eigenvalue weighted by molar-refractivity contribution is 7.53. The molecule has 6 heteroatoms. The number of hydrogen-bond acceptors (Lipinski definition) is 4. The zero-order valence-corrected chi connectivity index (χ0v) is 17.8. The van der Waals surface area contributed by atoms with Gasteiger partial charge in [-0.15, -0.1) is 0 Å². The minimum Gasteiger partial charge on any atom is -0.328 e. The van der Waals surface area contributed by atoms with Crippen LogP contribution in [0.5, 0.6) is 0 Å². The van der Waals surface area contributed by atoms with Crippen molar-refractivity contribution in [1.82, 2.24) is 0 Å². The van der Waals surface area contributed by atoms with E-state index < -0.39 is 13.3 Å². The molecule has 0 fully saturated rings. The number of unbranched alkanes of at least 4 members (excludes halogenated alkanes) is 12. The molecule has 0 spiro atoms. The molecular formula is C20H42NO4P. The van der Waals surface area contributed by atoms with Crippen LogP contribution < -0.4 is 5.73 Å². The van der Waals surface area contributed by atoms with E-state index >= 15 is 0 Å². The summed E-state index contributed by atoms with van der Waals surface area (Å²) in [5.74, 6) is 0. The average Bonchev–Trinajstić information content (AvgIpc) is 2.62. The first-order chi connectivity index (χ1) is 12.6. The Bertz CT molecular complexity index is 366. The van der Waals surface area contributed by atoms with Gasteiger partial charge in [0.2, 0.25) is 0 Å². The quantitative estimate of drug-likeness (QED) is 0.160. The molecule has 0 heterocycles. The molecule has 2 unspecified atom stereocenters. The summed E-state index contributed by atoms with van der Waals surface area (Å²) in [6.45, 7) is 2.51. The second-order valence-corrected chi connectivity index (χ2v) is 9.39. The van der Waals surface area contributed by atoms with Crippen molar-refractivity contribution in [1.29, 1.82) is 0 Å². The van der Waals surface area contributed by atoms with Crippen molar-refractivity contribution >= 4 is 13.9 Å². The van der Waals surface area contributed by atoms with Gasteiger partial charge in [-0.3, -0.25) is 4.57 Å². The molecule has 26 heavy (non-hydrogen) atoms. The third kappa shape index (κ3) is 14.9. The van der Waals surface area contributed by atoms with Crippen LogP contribution in [0.2, 0.25) is 0 Å². The van der Waals surface area contributed by atoms with Crippen LogP contribution in [-0.2, 0) is 13.9 Å². The number of carbonyl (C=O) groups is 1. The normalized spacial score (nSPS) is 14.9. The van der Waals surface area contributed by atoms with Gasteiger partial charge in [-0.05, 0) is 6.42 Å². The van der Waals surface area contributed by atoms with E-state index in [1.165, 1.54) is 64.2 Å². The van der Waals surface area contributed by atoms with Gasteiger partial charge in [0.25, 0.3) is 0 Å². The highest BCUT2D eigenvalue weighted by atomic mass is 31.2. The molecule has 0 aliphatic carbocycles. The molecule has 0 aliphatic heterocycles. The van der Waals surface area contributed by atoms with Crippen molar-refractivity contribution in [2.75, 3.05) is 13.2 Å². The fourth-order valence-corrected chi connectivity index (χ4v) is 4.65. The molecule has 3 N–H and O–H groups in total. The monoisotopic (exact) mass is 391 g/mol. The maximum atomic E-state index is 12.1. The van der Waals surface area contributed by atoms with E-state index in [0.717, 1.165) is 19.3 Å². The van der Waals surface area contributed by atoms with Gasteiger partial charge in [0.1, 0.15) is 6.29 Å². The first-order valence-electron chi connectivity index (χ1n) is 10.7. The summed E-state index contributed by atoms with van der Waals surface area (Å²) in [5.41, 5.74) is 4.72. The summed E-state index contributed by atoms with van der Waals surface area (Å²) >= 11 is 0. The maximum absolute atomic E-state index is 12.1. The highest BCUT2D eigenvalue weighted by Gasteiger charge is 2.31. The standard InChI is InChI=1S/C20H42NO4P/c1-2-3-4-5-6-7-8-9-10-11-12-13-14-15-20(16-18-22)26(23,24)25-19-17-21/h18,20H,2-17,19,21H2,1H3,(H,23,24). The molecule has 0 saturated heterocycles. The molecule has 0 aromatic rings. The van der Waals surface area contributed by atoms with Crippen molar-refractivity contribution in [3.63, 3.8) is 0 Å². The zero-order valence-electron chi connectivity index (χ0n) is 16.9. The van der Waals surface area contributed by atoms with Gasteiger partial charge in [-0.2, -0.15) is 0 Å². The van der Waals surface area contributed by atoms with Crippen molar-refractivity contribution < 1.29 is 18.8 Å². The molecule has 0 aliphatic rings. The summed E-state index contributed by atoms with van der Waals surface area (Å²) in [6.07, 6.45) is 17.8. The van der Waals surface area contributed by atoms with Gasteiger partial charge in [0.15, 0.2) is 0 Å². The third-order valence-electron chi connectivity index (χ3n) is 4.86. The van der Waals surface area contributed by atoms with Gasteiger partial charge in [0, 0.05) is 13.0 Å². The molecule has 156 valence electrons. The number of aldehydes is 1. The predicted octanol–water partition coefficient (Wildman–Crippen LogP) is 5.59. The van der Waals surface area contributed by atoms with Gasteiger partial charge in [-0.1, -0.05) is 90.4 Å². The molecular weight excluding hydrogens is 349 g/mol. The Morgan fingerprint density at radius 1 is 0.923 bits per heavy atom. The first kappa shape index (κ1) is 25.8. The van der Waals surface area contributed by atoms with E-state index in [9.17, 15) is 14.3 Å². The SMILES string of the molecule is CCCCCCCCCCCCCCCC(CC=O)P(=O)(O)OCCN. The van der Waals surface area contributed by atoms with Gasteiger partial charge in [0.05, 0.1) is 12.3 Å². The molecule has 0 aromatic heterocycles. The van der Waals surface area contributed by atoms with Crippen LogP contribution in [-0.4, -0.2) is 30.0 Å². The lowest BCUT2D eigenvalue weighted by Crippen LogP contribution is -2.15. The van der Waals surface area contributed by atoms with Gasteiger partial charge >= 0.3 is 7.60 Å². The van der Waals surface area contributed by atoms with E-state index in [1.807, 2.05) is 0 Å². The number of hydrogen-bond donors (Lipinski definition) is 2. The summed E-state index contributed by atoms with van der Waals surface area (Å²) < 4.78 is 17.1. The van der Waals surface area contributed by atoms with Gasteiger partial charge < -0.3 is 19.9 Å². The Kier molecular flexibility index (Phi) is 18.0. The van der Waals surface area contributed by atoms with Crippen LogP contribution >= 0.6 is 7.60 Å². The largest absolute Gasteiger partial charge is 0.331 e. The van der Waals surface area contributed by atoms with Crippen LogP contribution in [0.25, 0.3) is 0 Å². The zero-order chi connectivity index (χ0) is 19.5. The van der Waals surface area contributed by atoms with E-state index in [4.69, 9.17) is 10.3 Å². The van der Waals surface area contributed by atoms with E-state index in [0.29, 0.717) is 12.7 Å². The summed E-state index contributed by atoms with van der Waals surface area (Å²) in [4.78, 5) is 20.7. The number of carbonyl (C=O) groups excluding carboxylic acids is 1. The molecule has 0 saturated carbocycles. The van der Waals surface area contributed by atoms with Crippen molar-refractivity contribution in [2.24, 2.45) is 5.73 Å². The third-order valence-corrected chi connectivity index (χ3v) is 6.81. The van der Waals surface area contributed by atoms with Crippen molar-refractivity contribution in [3.8, 4) is 0 Å². The Hall–Kier alpha value is -0.220. The second kappa shape index (κ2) is 18.2. The molecule has 0 rings (SSSR count). The lowest BCUT2D eigenvalue weighted by molar-refractivity contribution is -0.108. The lowest BCUT2D eigenvalue weighted by atomic mass is 10.0. The smallest absolute Gasteiger partial charge is 0.328 e. The Balaban J connectivity index is 3.61. The predicted molar refractivity (Wildman–Crippen MR) is 110 cm³/mol. The molecule has 2 atom stereocenters. The highest BCUT2D eigenvalue weighted by Crippen LogP contribution is 2.50. The van der Waals surface area contributed by atoms with Crippen molar-refractivity contribution in [2.45, 2.75) is 109 Å². The Morgan fingerprint density at radius 3 is 1.81 bits per heavy atom. The Labute approximate surface area is 161 Å². The number of nitrogens with two attached hydrogens (primary N) is 1. The van der Waals surface area contributed by atoms with E-state index in [1.54, 1.807) is 0 Å². The van der Waals surface area contributed by atoms with Crippen LogP contribution in [0.1, 0.15) is 103 Å². The summed E-state index contributed by atoms with van der Waals surface area (Å²) in [5, 5.41) is 0. The molecule has 5 nitrogen and oxygen atoms in total. The Morgan fingerprint density at radius 2 is 1.38 bits per heavy atom. The first-order valence-corrected chi connectivity index (χ1v) is 12.3. The maximum Gasteiger partial charge on any atom is 0.331 e. The summed E-state index contributed by atoms with van der Waals surface area (Å²) in [6, 6.07) is 0. The fourth-order valence-electron chi connectivity index (χ4n) is 3.21. The van der Waals surface area contributed by atoms with E-state index in [2.05, 4.69) is 6.92 Å². The van der Waals surface area contributed by atoms with Crippen LogP contribution in [0, 0.1) is 0 Å². The molecule has 0 bridgehead atoms. The van der Waals surface area contributed by atoms with E-state index in [-0.39, 0.29) is 19.6 Å². The fraction of sp³-hybridized carbons (Fsp3) is 0.950. The lowest BCUT2D eigenvalue weighted by Gasteiger charge is -2.20. The van der Waals surface area contributed by atoms with Crippen molar-refractivity contribution in [3.05, 3.63) is 0 Å². The van der Waals surface area contributed by atoms with Crippen LogP contribution in [0.15, 0.2) is 0 Å². The minimum atomic E-state index is -3.73. The minimum absolute atomic E-state index is 0.0573. The van der Waals surface area contributed by atoms with Crippen LogP contribution in [0.3, 0.4) is 0 Å². The van der Waals surface area contributed by atoms with Crippen LogP contribution in [0.4, 0.5) is 0 Å². The van der Waals surface area contributed by atoms with Gasteiger partial charge in [-0.25, -0.2) is 0 Å². The number of rotatable bonds is 20. The average molecular weight is 392 g/mol. The molecule has 0 amide bonds. The molecule has 0 radical (unpaired) electrons. The second-order valence-electron chi connectivity index (χ2n) is 7.27. The topological polar surface area (TPSA) is 89.6 Å². The summed E-state index contributed by atoms with van der Waals surface area (Å²) in [7, 11) is -3.73.